The molecular weight excluding hydrogens is 289 g/mol. The topological polar surface area (TPSA) is 50.9 Å². The summed E-state index contributed by atoms with van der Waals surface area (Å²) in [5.74, 6) is 0.127. The Balaban J connectivity index is 2.11. The first-order valence-electron chi connectivity index (χ1n) is 6.42. The van der Waals surface area contributed by atoms with Gasteiger partial charge in [0.25, 0.3) is 0 Å². The molecule has 106 valence electrons. The monoisotopic (exact) mass is 301 g/mol. The molecule has 0 aliphatic rings. The minimum absolute atomic E-state index is 0.318. The zero-order valence-electron chi connectivity index (χ0n) is 11.3. The number of benzene rings is 2. The molecule has 0 saturated carbocycles. The molecule has 0 radical (unpaired) electrons. The van der Waals surface area contributed by atoms with Gasteiger partial charge in [0.2, 0.25) is 0 Å². The summed E-state index contributed by atoms with van der Waals surface area (Å²) in [6, 6.07) is 10.1. The lowest BCUT2D eigenvalue weighted by Crippen LogP contribution is -1.99. The highest BCUT2D eigenvalue weighted by Crippen LogP contribution is 2.31. The molecule has 2 aromatic carbocycles. The van der Waals surface area contributed by atoms with Gasteiger partial charge < -0.3 is 11.1 Å². The molecule has 5 heteroatoms. The van der Waals surface area contributed by atoms with Crippen LogP contribution in [0.1, 0.15) is 5.56 Å². The number of nitrogens with zero attached hydrogens (tertiary/aromatic N) is 1. The highest BCUT2D eigenvalue weighted by molar-refractivity contribution is 6.30. The Labute approximate surface area is 126 Å². The van der Waals surface area contributed by atoms with Gasteiger partial charge in [0, 0.05) is 27.7 Å². The number of hydrogen-bond acceptors (Lipinski definition) is 3. The van der Waals surface area contributed by atoms with E-state index in [-0.39, 0.29) is 0 Å². The van der Waals surface area contributed by atoms with E-state index in [9.17, 15) is 4.39 Å². The van der Waals surface area contributed by atoms with E-state index < -0.39 is 5.82 Å². The van der Waals surface area contributed by atoms with Crippen molar-refractivity contribution in [2.75, 3.05) is 11.1 Å². The molecule has 0 atom stereocenters. The lowest BCUT2D eigenvalue weighted by molar-refractivity contribution is 0.632. The van der Waals surface area contributed by atoms with Crippen LogP contribution in [0.15, 0.2) is 42.6 Å². The van der Waals surface area contributed by atoms with Gasteiger partial charge in [-0.1, -0.05) is 23.7 Å². The predicted octanol–water partition coefficient (Wildman–Crippen LogP) is 4.66. The third kappa shape index (κ3) is 2.50. The van der Waals surface area contributed by atoms with E-state index in [2.05, 4.69) is 10.3 Å². The van der Waals surface area contributed by atoms with Gasteiger partial charge in [0.15, 0.2) is 0 Å². The number of nitrogens with two attached hydrogens (primary N) is 1. The van der Waals surface area contributed by atoms with Crippen LogP contribution in [0.4, 0.5) is 21.6 Å². The Morgan fingerprint density at radius 1 is 1.14 bits per heavy atom. The van der Waals surface area contributed by atoms with Crippen LogP contribution in [0.25, 0.3) is 10.8 Å². The highest BCUT2D eigenvalue weighted by Gasteiger charge is 2.09. The summed E-state index contributed by atoms with van der Waals surface area (Å²) >= 11 is 5.75. The standard InChI is InChI=1S/C16H13ClFN3/c1-9-2-4-12-11(15(9)19)6-7-20-16(12)21-14-5-3-10(17)8-13(14)18/h2-8H,19H2,1H3,(H,20,21). The number of rotatable bonds is 2. The lowest BCUT2D eigenvalue weighted by Gasteiger charge is -2.12. The quantitative estimate of drug-likeness (QED) is 0.677. The molecule has 0 bridgehead atoms. The molecule has 0 aliphatic heterocycles. The number of hydrogen-bond donors (Lipinski definition) is 2. The van der Waals surface area contributed by atoms with E-state index in [1.807, 2.05) is 25.1 Å². The van der Waals surface area contributed by atoms with E-state index in [1.54, 1.807) is 18.3 Å². The first-order valence-corrected chi connectivity index (χ1v) is 6.80. The van der Waals surface area contributed by atoms with E-state index in [1.165, 1.54) is 6.07 Å². The predicted molar refractivity (Wildman–Crippen MR) is 85.6 cm³/mol. The Kier molecular flexibility index (Phi) is 3.39. The lowest BCUT2D eigenvalue weighted by atomic mass is 10.1. The molecule has 1 heterocycles. The number of anilines is 3. The van der Waals surface area contributed by atoms with Crippen LogP contribution in [0, 0.1) is 12.7 Å². The van der Waals surface area contributed by atoms with E-state index >= 15 is 0 Å². The van der Waals surface area contributed by atoms with Crippen LogP contribution in [-0.4, -0.2) is 4.98 Å². The molecular formula is C16H13ClFN3. The SMILES string of the molecule is Cc1ccc2c(Nc3ccc(Cl)cc3F)nccc2c1N. The van der Waals surface area contributed by atoms with Gasteiger partial charge in [-0.2, -0.15) is 0 Å². The van der Waals surface area contributed by atoms with E-state index in [4.69, 9.17) is 17.3 Å². The van der Waals surface area contributed by atoms with Gasteiger partial charge in [-0.25, -0.2) is 9.37 Å². The third-order valence-corrected chi connectivity index (χ3v) is 3.62. The fourth-order valence-corrected chi connectivity index (χ4v) is 2.36. The van der Waals surface area contributed by atoms with Gasteiger partial charge in [-0.05, 0) is 36.8 Å². The van der Waals surface area contributed by atoms with Crippen molar-refractivity contribution in [1.29, 1.82) is 0 Å². The maximum absolute atomic E-state index is 13.9. The minimum Gasteiger partial charge on any atom is -0.398 e. The summed E-state index contributed by atoms with van der Waals surface area (Å²) < 4.78 is 13.9. The van der Waals surface area contributed by atoms with Crippen LogP contribution in [0.3, 0.4) is 0 Å². The molecule has 3 N–H and O–H groups in total. The van der Waals surface area contributed by atoms with Crippen molar-refractivity contribution in [2.45, 2.75) is 6.92 Å². The Hall–Kier alpha value is -2.33. The average Bonchev–Trinajstić information content (AvgIpc) is 2.46. The number of aromatic nitrogens is 1. The highest BCUT2D eigenvalue weighted by atomic mass is 35.5. The van der Waals surface area contributed by atoms with Gasteiger partial charge in [0.05, 0.1) is 5.69 Å². The van der Waals surface area contributed by atoms with Gasteiger partial charge >= 0.3 is 0 Å². The number of aryl methyl sites for hydroxylation is 1. The number of fused-ring (bicyclic) bond motifs is 1. The summed E-state index contributed by atoms with van der Waals surface area (Å²) in [7, 11) is 0. The number of nitrogen functional groups attached to an aromatic ring is 1. The molecule has 3 aromatic rings. The van der Waals surface area contributed by atoms with Crippen LogP contribution in [0.5, 0.6) is 0 Å². The zero-order chi connectivity index (χ0) is 15.0. The van der Waals surface area contributed by atoms with Crippen molar-refractivity contribution >= 4 is 39.6 Å². The molecule has 3 nitrogen and oxygen atoms in total. The van der Waals surface area contributed by atoms with Crippen molar-refractivity contribution in [1.82, 2.24) is 4.98 Å². The molecule has 0 saturated heterocycles. The summed E-state index contributed by atoms with van der Waals surface area (Å²) in [6.45, 7) is 1.95. The van der Waals surface area contributed by atoms with Crippen molar-refractivity contribution in [3.8, 4) is 0 Å². The largest absolute Gasteiger partial charge is 0.398 e. The van der Waals surface area contributed by atoms with Crippen LogP contribution >= 0.6 is 11.6 Å². The second kappa shape index (κ2) is 5.22. The summed E-state index contributed by atoms with van der Waals surface area (Å²) in [5, 5.41) is 5.07. The molecule has 1 aromatic heterocycles. The smallest absolute Gasteiger partial charge is 0.148 e. The Morgan fingerprint density at radius 3 is 2.71 bits per heavy atom. The summed E-state index contributed by atoms with van der Waals surface area (Å²) in [5.41, 5.74) is 8.10. The number of halogens is 2. The van der Waals surface area contributed by atoms with Crippen molar-refractivity contribution in [3.63, 3.8) is 0 Å². The van der Waals surface area contributed by atoms with Gasteiger partial charge in [0.1, 0.15) is 11.6 Å². The fraction of sp³-hybridized carbons (Fsp3) is 0.0625. The third-order valence-electron chi connectivity index (χ3n) is 3.39. The first-order chi connectivity index (χ1) is 10.1. The molecule has 0 fully saturated rings. The number of nitrogens with one attached hydrogen (secondary N) is 1. The molecule has 0 unspecified atom stereocenters. The molecule has 0 spiro atoms. The molecule has 21 heavy (non-hydrogen) atoms. The summed E-state index contributed by atoms with van der Waals surface area (Å²) in [4.78, 5) is 4.27. The van der Waals surface area contributed by atoms with Gasteiger partial charge in [-0.15, -0.1) is 0 Å². The molecule has 3 rings (SSSR count). The second-order valence-electron chi connectivity index (χ2n) is 4.80. The van der Waals surface area contributed by atoms with Crippen LogP contribution in [-0.2, 0) is 0 Å². The first kappa shape index (κ1) is 13.6. The van der Waals surface area contributed by atoms with Gasteiger partial charge in [-0.3, -0.25) is 0 Å². The zero-order valence-corrected chi connectivity index (χ0v) is 12.1. The Morgan fingerprint density at radius 2 is 1.95 bits per heavy atom. The van der Waals surface area contributed by atoms with E-state index in [0.717, 1.165) is 16.3 Å². The van der Waals surface area contributed by atoms with Crippen LogP contribution < -0.4 is 11.1 Å². The second-order valence-corrected chi connectivity index (χ2v) is 5.24. The van der Waals surface area contributed by atoms with Crippen molar-refractivity contribution in [2.24, 2.45) is 0 Å². The van der Waals surface area contributed by atoms with Crippen molar-refractivity contribution in [3.05, 3.63) is 59.0 Å². The normalized spacial score (nSPS) is 10.8. The van der Waals surface area contributed by atoms with E-state index in [0.29, 0.717) is 22.2 Å². The molecule has 0 amide bonds. The van der Waals surface area contributed by atoms with Crippen LogP contribution in [0.2, 0.25) is 5.02 Å². The molecule has 0 aliphatic carbocycles. The summed E-state index contributed by atoms with van der Waals surface area (Å²) in [6.07, 6.45) is 1.65. The van der Waals surface area contributed by atoms with Crippen molar-refractivity contribution < 1.29 is 4.39 Å². The minimum atomic E-state index is -0.429. The number of pyridine rings is 1. The maximum atomic E-state index is 13.9. The fourth-order valence-electron chi connectivity index (χ4n) is 2.21. The average molecular weight is 302 g/mol. The maximum Gasteiger partial charge on any atom is 0.148 e. The Bertz CT molecular complexity index is 833.